The van der Waals surface area contributed by atoms with E-state index >= 15 is 0 Å². The molecule has 3 unspecified atom stereocenters. The molecule has 20 heavy (non-hydrogen) atoms. The molecule has 3 atom stereocenters. The molecule has 1 aromatic carbocycles. The first kappa shape index (κ1) is 13.9. The first-order chi connectivity index (χ1) is 9.76. The largest absolute Gasteiger partial charge is 0.300 e. The highest BCUT2D eigenvalue weighted by atomic mass is 16.1. The van der Waals surface area contributed by atoms with Gasteiger partial charge in [0.05, 0.1) is 0 Å². The Kier molecular flexibility index (Phi) is 4.24. The van der Waals surface area contributed by atoms with Crippen molar-refractivity contribution >= 4 is 5.78 Å². The van der Waals surface area contributed by atoms with Crippen molar-refractivity contribution < 1.29 is 4.79 Å². The van der Waals surface area contributed by atoms with Crippen LogP contribution in [0.2, 0.25) is 0 Å². The van der Waals surface area contributed by atoms with Crippen LogP contribution in [0.1, 0.15) is 68.9 Å². The second kappa shape index (κ2) is 6.11. The summed E-state index contributed by atoms with van der Waals surface area (Å²) in [4.78, 5) is 11.6. The number of rotatable bonds is 3. The van der Waals surface area contributed by atoms with Gasteiger partial charge in [-0.1, -0.05) is 37.6 Å². The van der Waals surface area contributed by atoms with Gasteiger partial charge in [-0.3, -0.25) is 4.79 Å². The SMILES string of the molecule is CCCc1ccc(C2CCC3CC(=O)CCC3C2)cc1. The van der Waals surface area contributed by atoms with E-state index < -0.39 is 0 Å². The quantitative estimate of drug-likeness (QED) is 0.764. The van der Waals surface area contributed by atoms with E-state index in [9.17, 15) is 4.79 Å². The minimum atomic E-state index is 0.508. The Bertz CT molecular complexity index is 459. The molecule has 0 saturated heterocycles. The van der Waals surface area contributed by atoms with Crippen LogP contribution in [0.15, 0.2) is 24.3 Å². The van der Waals surface area contributed by atoms with E-state index in [1.165, 1.54) is 43.2 Å². The molecular weight excluding hydrogens is 244 g/mol. The molecule has 2 aliphatic rings. The van der Waals surface area contributed by atoms with E-state index in [0.717, 1.165) is 31.1 Å². The lowest BCUT2D eigenvalue weighted by Crippen LogP contribution is -2.30. The minimum absolute atomic E-state index is 0.508. The van der Waals surface area contributed by atoms with Crippen LogP contribution in [0.25, 0.3) is 0 Å². The molecule has 108 valence electrons. The van der Waals surface area contributed by atoms with Gasteiger partial charge in [-0.05, 0) is 61.0 Å². The van der Waals surface area contributed by atoms with Gasteiger partial charge in [0.2, 0.25) is 0 Å². The number of aryl methyl sites for hydroxylation is 1. The van der Waals surface area contributed by atoms with Crippen LogP contribution in [-0.2, 0) is 11.2 Å². The van der Waals surface area contributed by atoms with Crippen molar-refractivity contribution in [2.45, 2.75) is 64.2 Å². The van der Waals surface area contributed by atoms with Crippen molar-refractivity contribution in [2.24, 2.45) is 11.8 Å². The molecule has 1 heteroatoms. The van der Waals surface area contributed by atoms with Gasteiger partial charge in [-0.15, -0.1) is 0 Å². The summed E-state index contributed by atoms with van der Waals surface area (Å²) >= 11 is 0. The second-order valence-corrected chi connectivity index (χ2v) is 6.80. The van der Waals surface area contributed by atoms with E-state index in [2.05, 4.69) is 31.2 Å². The first-order valence-electron chi connectivity index (χ1n) is 8.36. The molecule has 0 N–H and O–H groups in total. The smallest absolute Gasteiger partial charge is 0.133 e. The molecule has 2 aliphatic carbocycles. The number of benzene rings is 1. The average molecular weight is 270 g/mol. The van der Waals surface area contributed by atoms with Gasteiger partial charge < -0.3 is 0 Å². The standard InChI is InChI=1S/C19H26O/c1-2-3-14-4-6-15(7-5-14)16-8-9-18-13-19(20)11-10-17(18)12-16/h4-7,16-18H,2-3,8-13H2,1H3. The van der Waals surface area contributed by atoms with Crippen molar-refractivity contribution in [3.63, 3.8) is 0 Å². The zero-order chi connectivity index (χ0) is 13.9. The molecule has 3 rings (SSSR count). The fourth-order valence-electron chi connectivity index (χ4n) is 4.24. The lowest BCUT2D eigenvalue weighted by Gasteiger charge is -2.39. The molecule has 0 aromatic heterocycles. The molecule has 0 aliphatic heterocycles. The fraction of sp³-hybridized carbons (Fsp3) is 0.632. The number of hydrogen-bond acceptors (Lipinski definition) is 1. The van der Waals surface area contributed by atoms with E-state index in [1.54, 1.807) is 0 Å². The molecule has 0 bridgehead atoms. The summed E-state index contributed by atoms with van der Waals surface area (Å²) in [6, 6.07) is 9.33. The summed E-state index contributed by atoms with van der Waals surface area (Å²) in [7, 11) is 0. The van der Waals surface area contributed by atoms with Crippen LogP contribution in [0.3, 0.4) is 0 Å². The summed E-state index contributed by atoms with van der Waals surface area (Å²) in [5, 5.41) is 0. The highest BCUT2D eigenvalue weighted by Gasteiger charge is 2.35. The third-order valence-corrected chi connectivity index (χ3v) is 5.41. The number of fused-ring (bicyclic) bond motifs is 1. The summed E-state index contributed by atoms with van der Waals surface area (Å²) < 4.78 is 0. The molecule has 2 fully saturated rings. The van der Waals surface area contributed by atoms with E-state index in [-0.39, 0.29) is 0 Å². The molecule has 0 amide bonds. The van der Waals surface area contributed by atoms with Crippen molar-refractivity contribution in [1.29, 1.82) is 0 Å². The van der Waals surface area contributed by atoms with Gasteiger partial charge in [-0.25, -0.2) is 0 Å². The Labute approximate surface area is 122 Å². The van der Waals surface area contributed by atoms with Crippen molar-refractivity contribution in [3.05, 3.63) is 35.4 Å². The fourth-order valence-corrected chi connectivity index (χ4v) is 4.24. The number of Topliss-reactive ketones (excluding diaryl/α,β-unsaturated/α-hetero) is 1. The Morgan fingerprint density at radius 3 is 2.60 bits per heavy atom. The monoisotopic (exact) mass is 270 g/mol. The topological polar surface area (TPSA) is 17.1 Å². The van der Waals surface area contributed by atoms with Crippen LogP contribution in [0.4, 0.5) is 0 Å². The molecule has 0 radical (unpaired) electrons. The van der Waals surface area contributed by atoms with Crippen LogP contribution in [-0.4, -0.2) is 5.78 Å². The molecular formula is C19H26O. The van der Waals surface area contributed by atoms with E-state index in [4.69, 9.17) is 0 Å². The number of ketones is 1. The highest BCUT2D eigenvalue weighted by molar-refractivity contribution is 5.79. The molecule has 0 heterocycles. The Morgan fingerprint density at radius 1 is 1.05 bits per heavy atom. The summed E-state index contributed by atoms with van der Waals surface area (Å²) in [5.74, 6) is 2.75. The van der Waals surface area contributed by atoms with Crippen molar-refractivity contribution in [2.75, 3.05) is 0 Å². The van der Waals surface area contributed by atoms with Gasteiger partial charge in [0.1, 0.15) is 5.78 Å². The maximum Gasteiger partial charge on any atom is 0.133 e. The lowest BCUT2D eigenvalue weighted by molar-refractivity contribution is -0.123. The first-order valence-corrected chi connectivity index (χ1v) is 8.36. The zero-order valence-electron chi connectivity index (χ0n) is 12.6. The molecule has 0 spiro atoms. The van der Waals surface area contributed by atoms with Crippen molar-refractivity contribution in [3.8, 4) is 0 Å². The average Bonchev–Trinajstić information content (AvgIpc) is 2.48. The Balaban J connectivity index is 1.65. The molecule has 1 nitrogen and oxygen atoms in total. The Morgan fingerprint density at radius 2 is 1.85 bits per heavy atom. The van der Waals surface area contributed by atoms with Crippen molar-refractivity contribution in [1.82, 2.24) is 0 Å². The number of carbonyl (C=O) groups excluding carboxylic acids is 1. The normalized spacial score (nSPS) is 30.1. The third-order valence-electron chi connectivity index (χ3n) is 5.41. The molecule has 1 aromatic rings. The third kappa shape index (κ3) is 2.97. The second-order valence-electron chi connectivity index (χ2n) is 6.80. The highest BCUT2D eigenvalue weighted by Crippen LogP contribution is 2.45. The summed E-state index contributed by atoms with van der Waals surface area (Å²) in [6.07, 6.45) is 9.12. The Hall–Kier alpha value is -1.11. The van der Waals surface area contributed by atoms with Crippen LogP contribution in [0.5, 0.6) is 0 Å². The van der Waals surface area contributed by atoms with Gasteiger partial charge in [0.25, 0.3) is 0 Å². The van der Waals surface area contributed by atoms with Gasteiger partial charge in [0.15, 0.2) is 0 Å². The summed E-state index contributed by atoms with van der Waals surface area (Å²) in [6.45, 7) is 2.24. The van der Waals surface area contributed by atoms with Crippen LogP contribution >= 0.6 is 0 Å². The number of hydrogen-bond donors (Lipinski definition) is 0. The van der Waals surface area contributed by atoms with Gasteiger partial charge in [0, 0.05) is 12.8 Å². The molecule has 2 saturated carbocycles. The van der Waals surface area contributed by atoms with E-state index in [1.807, 2.05) is 0 Å². The lowest BCUT2D eigenvalue weighted by atomic mass is 9.66. The van der Waals surface area contributed by atoms with E-state index in [0.29, 0.717) is 11.7 Å². The zero-order valence-corrected chi connectivity index (χ0v) is 12.6. The van der Waals surface area contributed by atoms with Gasteiger partial charge in [-0.2, -0.15) is 0 Å². The van der Waals surface area contributed by atoms with Crippen LogP contribution < -0.4 is 0 Å². The minimum Gasteiger partial charge on any atom is -0.300 e. The number of carbonyl (C=O) groups is 1. The maximum absolute atomic E-state index is 11.6. The predicted molar refractivity (Wildman–Crippen MR) is 82.9 cm³/mol. The predicted octanol–water partition coefficient (Wildman–Crippen LogP) is 4.89. The van der Waals surface area contributed by atoms with Crippen LogP contribution in [0, 0.1) is 11.8 Å². The summed E-state index contributed by atoms with van der Waals surface area (Å²) in [5.41, 5.74) is 2.99. The van der Waals surface area contributed by atoms with Gasteiger partial charge >= 0.3 is 0 Å². The maximum atomic E-state index is 11.6.